The number of aryl methyl sites for hydroxylation is 2. The number of halogens is 2. The maximum atomic E-state index is 13.7. The highest BCUT2D eigenvalue weighted by atomic mass is 19.3. The molecule has 2 N–H and O–H groups in total. The molecule has 0 spiro atoms. The van der Waals surface area contributed by atoms with Crippen LogP contribution in [0.5, 0.6) is 0 Å². The molecule has 10 heteroatoms. The van der Waals surface area contributed by atoms with Crippen molar-refractivity contribution in [2.45, 2.75) is 33.6 Å². The molecule has 3 rings (SSSR count). The number of hydrogen-bond donors (Lipinski definition) is 2. The van der Waals surface area contributed by atoms with E-state index in [1.165, 1.54) is 13.1 Å². The van der Waals surface area contributed by atoms with Gasteiger partial charge in [-0.2, -0.15) is 8.78 Å². The Morgan fingerprint density at radius 2 is 1.83 bits per heavy atom. The molecule has 0 fully saturated rings. The Balaban J connectivity index is 2.09. The zero-order valence-corrected chi connectivity index (χ0v) is 16.3. The second kappa shape index (κ2) is 7.82. The van der Waals surface area contributed by atoms with Gasteiger partial charge in [-0.3, -0.25) is 4.79 Å². The van der Waals surface area contributed by atoms with Crippen molar-refractivity contribution in [3.05, 3.63) is 47.9 Å². The molecule has 0 atom stereocenters. The van der Waals surface area contributed by atoms with E-state index in [-0.39, 0.29) is 11.7 Å². The van der Waals surface area contributed by atoms with Gasteiger partial charge in [-0.25, -0.2) is 24.9 Å². The Morgan fingerprint density at radius 1 is 1.07 bits per heavy atom. The highest BCUT2D eigenvalue weighted by Crippen LogP contribution is 2.31. The number of nitrogens with one attached hydrogen (secondary N) is 2. The topological polar surface area (TPSA) is 106 Å². The van der Waals surface area contributed by atoms with Crippen molar-refractivity contribution in [3.63, 3.8) is 0 Å². The molecule has 0 bridgehead atoms. The molecular formula is C19H19F2N7O. The van der Waals surface area contributed by atoms with Gasteiger partial charge in [0.05, 0.1) is 11.4 Å². The molecule has 0 saturated heterocycles. The summed E-state index contributed by atoms with van der Waals surface area (Å²) in [6.45, 7) is 5.45. The first-order valence-electron chi connectivity index (χ1n) is 8.70. The van der Waals surface area contributed by atoms with E-state index in [0.717, 1.165) is 6.92 Å². The average Bonchev–Trinajstić information content (AvgIpc) is 2.60. The van der Waals surface area contributed by atoms with E-state index >= 15 is 0 Å². The Labute approximate surface area is 165 Å². The number of carbonyl (C=O) groups excluding carboxylic acids is 1. The van der Waals surface area contributed by atoms with Crippen LogP contribution in [-0.2, 0) is 10.7 Å². The summed E-state index contributed by atoms with van der Waals surface area (Å²) in [4.78, 5) is 31.8. The van der Waals surface area contributed by atoms with Gasteiger partial charge in [-0.15, -0.1) is 0 Å². The van der Waals surface area contributed by atoms with Crippen LogP contribution >= 0.6 is 0 Å². The summed E-state index contributed by atoms with van der Waals surface area (Å²) in [5.41, 5.74) is 2.03. The molecule has 0 aliphatic rings. The van der Waals surface area contributed by atoms with E-state index < -0.39 is 11.7 Å². The molecule has 8 nitrogen and oxygen atoms in total. The average molecular weight is 399 g/mol. The molecule has 3 heterocycles. The third-order valence-corrected chi connectivity index (χ3v) is 3.77. The first-order valence-corrected chi connectivity index (χ1v) is 8.70. The number of pyridine rings is 1. The van der Waals surface area contributed by atoms with Crippen LogP contribution in [0.4, 0.5) is 26.1 Å². The number of carbonyl (C=O) groups is 1. The van der Waals surface area contributed by atoms with Crippen LogP contribution in [-0.4, -0.2) is 30.8 Å². The molecule has 150 valence electrons. The monoisotopic (exact) mass is 399 g/mol. The lowest BCUT2D eigenvalue weighted by Gasteiger charge is -2.15. The summed E-state index contributed by atoms with van der Waals surface area (Å²) >= 11 is 0. The van der Waals surface area contributed by atoms with Gasteiger partial charge in [0, 0.05) is 49.6 Å². The highest BCUT2D eigenvalue weighted by Gasteiger charge is 2.29. The van der Waals surface area contributed by atoms with E-state index in [2.05, 4.69) is 35.6 Å². The van der Waals surface area contributed by atoms with E-state index in [9.17, 15) is 13.6 Å². The third-order valence-electron chi connectivity index (χ3n) is 3.77. The minimum Gasteiger partial charge on any atom is -0.339 e. The number of nitrogens with zero attached hydrogens (tertiary/aromatic N) is 5. The van der Waals surface area contributed by atoms with Crippen molar-refractivity contribution < 1.29 is 13.6 Å². The van der Waals surface area contributed by atoms with Crippen LogP contribution in [0.25, 0.3) is 11.3 Å². The maximum Gasteiger partial charge on any atom is 0.303 e. The number of rotatable bonds is 5. The summed E-state index contributed by atoms with van der Waals surface area (Å²) in [5, 5.41) is 5.61. The lowest BCUT2D eigenvalue weighted by Crippen LogP contribution is -2.14. The van der Waals surface area contributed by atoms with Crippen LogP contribution in [0.1, 0.15) is 31.2 Å². The minimum atomic E-state index is -3.19. The highest BCUT2D eigenvalue weighted by molar-refractivity contribution is 5.89. The quantitative estimate of drug-likeness (QED) is 0.673. The first kappa shape index (κ1) is 20.2. The largest absolute Gasteiger partial charge is 0.339 e. The smallest absolute Gasteiger partial charge is 0.303 e. The molecule has 0 aromatic carbocycles. The van der Waals surface area contributed by atoms with Crippen molar-refractivity contribution >= 4 is 23.2 Å². The SMILES string of the molecule is CC(=O)Nc1cc(Nc2cc(C)nc(C(C)(F)F)n2)c(-c2ccnc(C)n2)cn1. The first-order chi connectivity index (χ1) is 13.6. The summed E-state index contributed by atoms with van der Waals surface area (Å²) in [5.74, 6) is -3.03. The van der Waals surface area contributed by atoms with Gasteiger partial charge in [0.1, 0.15) is 17.5 Å². The lowest BCUT2D eigenvalue weighted by atomic mass is 10.1. The molecular weight excluding hydrogens is 380 g/mol. The van der Waals surface area contributed by atoms with E-state index in [0.29, 0.717) is 34.3 Å². The number of hydrogen-bond acceptors (Lipinski definition) is 7. The van der Waals surface area contributed by atoms with Gasteiger partial charge in [0.15, 0.2) is 0 Å². The van der Waals surface area contributed by atoms with E-state index in [4.69, 9.17) is 0 Å². The summed E-state index contributed by atoms with van der Waals surface area (Å²) in [6, 6.07) is 4.82. The van der Waals surface area contributed by atoms with Gasteiger partial charge in [-0.1, -0.05) is 0 Å². The maximum absolute atomic E-state index is 13.7. The normalized spacial score (nSPS) is 11.2. The third kappa shape index (κ3) is 5.03. The predicted octanol–water partition coefficient (Wildman–Crippen LogP) is 3.76. The Morgan fingerprint density at radius 3 is 2.48 bits per heavy atom. The number of amides is 1. The fourth-order valence-electron chi connectivity index (χ4n) is 2.58. The molecule has 0 aliphatic carbocycles. The van der Waals surface area contributed by atoms with Crippen molar-refractivity contribution in [1.29, 1.82) is 0 Å². The van der Waals surface area contributed by atoms with Crippen molar-refractivity contribution in [1.82, 2.24) is 24.9 Å². The molecule has 0 saturated carbocycles. The van der Waals surface area contributed by atoms with Gasteiger partial charge in [0.2, 0.25) is 11.7 Å². The van der Waals surface area contributed by atoms with Gasteiger partial charge in [0.25, 0.3) is 0 Å². The van der Waals surface area contributed by atoms with Crippen LogP contribution in [0.3, 0.4) is 0 Å². The Kier molecular flexibility index (Phi) is 5.44. The fourth-order valence-corrected chi connectivity index (χ4v) is 2.58. The fraction of sp³-hybridized carbons (Fsp3) is 0.263. The van der Waals surface area contributed by atoms with Crippen LogP contribution < -0.4 is 10.6 Å². The molecule has 3 aromatic heterocycles. The number of anilines is 3. The van der Waals surface area contributed by atoms with Crippen LogP contribution in [0.15, 0.2) is 30.6 Å². The standard InChI is InChI=1S/C19H19F2N7O/c1-10-7-17(28-18(24-10)19(4,20)21)27-15-8-16(26-12(3)29)23-9-13(15)14-5-6-22-11(2)25-14/h5-9H,1-4H3,(H2,23,24,26,27,28,29). The number of alkyl halides is 2. The zero-order chi connectivity index (χ0) is 21.2. The van der Waals surface area contributed by atoms with E-state index in [1.807, 2.05) is 0 Å². The summed E-state index contributed by atoms with van der Waals surface area (Å²) in [6.07, 6.45) is 3.13. The molecule has 0 aliphatic heterocycles. The van der Waals surface area contributed by atoms with Crippen molar-refractivity contribution in [2.75, 3.05) is 10.6 Å². The second-order valence-electron chi connectivity index (χ2n) is 6.52. The van der Waals surface area contributed by atoms with Crippen molar-refractivity contribution in [2.24, 2.45) is 0 Å². The predicted molar refractivity (Wildman–Crippen MR) is 104 cm³/mol. The number of aromatic nitrogens is 5. The molecule has 29 heavy (non-hydrogen) atoms. The van der Waals surface area contributed by atoms with Crippen LogP contribution in [0, 0.1) is 13.8 Å². The van der Waals surface area contributed by atoms with Gasteiger partial charge in [-0.05, 0) is 19.9 Å². The van der Waals surface area contributed by atoms with Crippen LogP contribution in [0.2, 0.25) is 0 Å². The van der Waals surface area contributed by atoms with E-state index in [1.54, 1.807) is 38.2 Å². The van der Waals surface area contributed by atoms with Gasteiger partial charge < -0.3 is 10.6 Å². The molecule has 0 unspecified atom stereocenters. The lowest BCUT2D eigenvalue weighted by molar-refractivity contribution is -0.114. The van der Waals surface area contributed by atoms with Crippen molar-refractivity contribution in [3.8, 4) is 11.3 Å². The van der Waals surface area contributed by atoms with Gasteiger partial charge >= 0.3 is 5.92 Å². The molecule has 0 radical (unpaired) electrons. The zero-order valence-electron chi connectivity index (χ0n) is 16.3. The molecule has 1 amide bonds. The Hall–Kier alpha value is -3.56. The minimum absolute atomic E-state index is 0.182. The second-order valence-corrected chi connectivity index (χ2v) is 6.52. The summed E-state index contributed by atoms with van der Waals surface area (Å²) < 4.78 is 27.4. The molecule has 3 aromatic rings. The summed E-state index contributed by atoms with van der Waals surface area (Å²) in [7, 11) is 0. The Bertz CT molecular complexity index is 1070.